The van der Waals surface area contributed by atoms with Gasteiger partial charge in [0.1, 0.15) is 16.9 Å². The van der Waals surface area contributed by atoms with E-state index in [-0.39, 0.29) is 11.2 Å². The molecule has 0 amide bonds. The fraction of sp³-hybridized carbons (Fsp3) is 0.312. The van der Waals surface area contributed by atoms with Gasteiger partial charge in [0.2, 0.25) is 0 Å². The molecule has 0 aliphatic carbocycles. The summed E-state index contributed by atoms with van der Waals surface area (Å²) in [5, 5.41) is 0.962. The highest BCUT2D eigenvalue weighted by atomic mass is 16.5. The van der Waals surface area contributed by atoms with Gasteiger partial charge in [0.25, 0.3) is 0 Å². The van der Waals surface area contributed by atoms with E-state index in [1.165, 1.54) is 0 Å². The first-order chi connectivity index (χ1) is 8.87. The van der Waals surface area contributed by atoms with Crippen LogP contribution in [0.1, 0.15) is 30.5 Å². The quantitative estimate of drug-likeness (QED) is 0.676. The molecule has 0 saturated heterocycles. The van der Waals surface area contributed by atoms with E-state index in [1.54, 1.807) is 6.92 Å². The predicted octanol–water partition coefficient (Wildman–Crippen LogP) is 3.59. The van der Waals surface area contributed by atoms with E-state index in [0.717, 1.165) is 22.3 Å². The van der Waals surface area contributed by atoms with Crippen LogP contribution < -0.4 is 10.4 Å². The number of benzene rings is 1. The van der Waals surface area contributed by atoms with Crippen LogP contribution in [0.5, 0.6) is 5.75 Å². The molecular formula is C16H16O3. The first-order valence-corrected chi connectivity index (χ1v) is 6.34. The van der Waals surface area contributed by atoms with E-state index in [2.05, 4.69) is 0 Å². The van der Waals surface area contributed by atoms with Gasteiger partial charge in [-0.3, -0.25) is 0 Å². The second-order valence-electron chi connectivity index (χ2n) is 5.60. The zero-order valence-corrected chi connectivity index (χ0v) is 11.5. The van der Waals surface area contributed by atoms with Crippen LogP contribution in [0.15, 0.2) is 27.4 Å². The van der Waals surface area contributed by atoms with Gasteiger partial charge in [-0.25, -0.2) is 4.79 Å². The summed E-state index contributed by atoms with van der Waals surface area (Å²) in [4.78, 5) is 11.7. The van der Waals surface area contributed by atoms with Gasteiger partial charge in [0.05, 0.1) is 5.56 Å². The van der Waals surface area contributed by atoms with Crippen molar-refractivity contribution in [1.29, 1.82) is 0 Å². The molecule has 2 aromatic rings. The van der Waals surface area contributed by atoms with Crippen molar-refractivity contribution in [2.24, 2.45) is 0 Å². The van der Waals surface area contributed by atoms with Gasteiger partial charge in [-0.1, -0.05) is 0 Å². The highest BCUT2D eigenvalue weighted by molar-refractivity contribution is 5.91. The minimum atomic E-state index is -0.335. The maximum atomic E-state index is 11.7. The standard InChI is InChI=1S/C16H16O3/c1-9-8-13-11(5-6-16(3,4)19-13)14-12(9)7-10(2)15(17)18-14/h5-8H,1-4H3. The Morgan fingerprint density at radius 3 is 2.58 bits per heavy atom. The smallest absolute Gasteiger partial charge is 0.339 e. The van der Waals surface area contributed by atoms with Gasteiger partial charge in [-0.05, 0) is 57.5 Å². The summed E-state index contributed by atoms with van der Waals surface area (Å²) in [5.41, 5.74) is 2.49. The normalized spacial score (nSPS) is 16.2. The molecule has 1 aliphatic rings. The minimum Gasteiger partial charge on any atom is -0.483 e. The Kier molecular flexibility index (Phi) is 2.36. The molecule has 3 rings (SSSR count). The van der Waals surface area contributed by atoms with Crippen LogP contribution in [-0.2, 0) is 0 Å². The van der Waals surface area contributed by atoms with Gasteiger partial charge in [-0.15, -0.1) is 0 Å². The lowest BCUT2D eigenvalue weighted by atomic mass is 9.98. The molecule has 0 bridgehead atoms. The molecule has 0 atom stereocenters. The number of ether oxygens (including phenoxy) is 1. The van der Waals surface area contributed by atoms with Crippen LogP contribution in [0.3, 0.4) is 0 Å². The molecule has 1 aromatic heterocycles. The van der Waals surface area contributed by atoms with Crippen LogP contribution in [0, 0.1) is 13.8 Å². The molecular weight excluding hydrogens is 240 g/mol. The fourth-order valence-corrected chi connectivity index (χ4v) is 2.37. The minimum absolute atomic E-state index is 0.293. The molecule has 0 unspecified atom stereocenters. The first kappa shape index (κ1) is 12.0. The Bertz CT molecular complexity index is 764. The largest absolute Gasteiger partial charge is 0.483 e. The van der Waals surface area contributed by atoms with Crippen molar-refractivity contribution in [1.82, 2.24) is 0 Å². The van der Waals surface area contributed by atoms with Crippen molar-refractivity contribution >= 4 is 17.0 Å². The lowest BCUT2D eigenvalue weighted by molar-refractivity contribution is 0.159. The average Bonchev–Trinajstić information content (AvgIpc) is 2.30. The lowest BCUT2D eigenvalue weighted by Gasteiger charge is -2.28. The summed E-state index contributed by atoms with van der Waals surface area (Å²) >= 11 is 0. The summed E-state index contributed by atoms with van der Waals surface area (Å²) in [6.07, 6.45) is 3.95. The Morgan fingerprint density at radius 1 is 1.11 bits per heavy atom. The number of rotatable bonds is 0. The van der Waals surface area contributed by atoms with Gasteiger partial charge in [0.15, 0.2) is 0 Å². The molecule has 3 nitrogen and oxygen atoms in total. The zero-order chi connectivity index (χ0) is 13.8. The molecule has 2 heterocycles. The second kappa shape index (κ2) is 3.73. The fourth-order valence-electron chi connectivity index (χ4n) is 2.37. The number of aryl methyl sites for hydroxylation is 2. The first-order valence-electron chi connectivity index (χ1n) is 6.34. The second-order valence-corrected chi connectivity index (χ2v) is 5.60. The Hall–Kier alpha value is -2.03. The third kappa shape index (κ3) is 1.86. The molecule has 3 heteroatoms. The average molecular weight is 256 g/mol. The molecule has 0 N–H and O–H groups in total. The van der Waals surface area contributed by atoms with Crippen molar-refractivity contribution in [2.45, 2.75) is 33.3 Å². The van der Waals surface area contributed by atoms with Crippen LogP contribution in [0.25, 0.3) is 17.0 Å². The third-order valence-corrected chi connectivity index (χ3v) is 3.43. The summed E-state index contributed by atoms with van der Waals surface area (Å²) in [7, 11) is 0. The van der Waals surface area contributed by atoms with Crippen LogP contribution in [0.4, 0.5) is 0 Å². The molecule has 0 spiro atoms. The third-order valence-electron chi connectivity index (χ3n) is 3.43. The molecule has 1 aromatic carbocycles. The molecule has 0 radical (unpaired) electrons. The molecule has 1 aliphatic heterocycles. The Balaban J connectivity index is 2.40. The lowest BCUT2D eigenvalue weighted by Crippen LogP contribution is -2.27. The van der Waals surface area contributed by atoms with Gasteiger partial charge in [0, 0.05) is 10.9 Å². The van der Waals surface area contributed by atoms with Gasteiger partial charge < -0.3 is 9.15 Å². The molecule has 19 heavy (non-hydrogen) atoms. The number of hydrogen-bond acceptors (Lipinski definition) is 3. The van der Waals surface area contributed by atoms with E-state index in [0.29, 0.717) is 11.1 Å². The van der Waals surface area contributed by atoms with E-state index in [9.17, 15) is 4.79 Å². The van der Waals surface area contributed by atoms with Crippen LogP contribution >= 0.6 is 0 Å². The molecule has 98 valence electrons. The molecule has 0 fully saturated rings. The predicted molar refractivity (Wildman–Crippen MR) is 75.7 cm³/mol. The molecule has 0 saturated carbocycles. The van der Waals surface area contributed by atoms with Crippen molar-refractivity contribution in [2.75, 3.05) is 0 Å². The number of fused-ring (bicyclic) bond motifs is 3. The van der Waals surface area contributed by atoms with Gasteiger partial charge in [-0.2, -0.15) is 0 Å². The Morgan fingerprint density at radius 2 is 1.84 bits per heavy atom. The summed E-state index contributed by atoms with van der Waals surface area (Å²) in [6, 6.07) is 3.88. The summed E-state index contributed by atoms with van der Waals surface area (Å²) in [5.74, 6) is 0.768. The van der Waals surface area contributed by atoms with Crippen LogP contribution in [-0.4, -0.2) is 5.60 Å². The van der Waals surface area contributed by atoms with E-state index in [1.807, 2.05) is 45.1 Å². The van der Waals surface area contributed by atoms with Crippen molar-refractivity contribution in [3.63, 3.8) is 0 Å². The number of hydrogen-bond donors (Lipinski definition) is 0. The van der Waals surface area contributed by atoms with Crippen molar-refractivity contribution in [3.8, 4) is 5.75 Å². The summed E-state index contributed by atoms with van der Waals surface area (Å²) in [6.45, 7) is 7.75. The maximum absolute atomic E-state index is 11.7. The summed E-state index contributed by atoms with van der Waals surface area (Å²) < 4.78 is 11.4. The van der Waals surface area contributed by atoms with Crippen molar-refractivity contribution < 1.29 is 9.15 Å². The van der Waals surface area contributed by atoms with Crippen LogP contribution in [0.2, 0.25) is 0 Å². The van der Waals surface area contributed by atoms with Gasteiger partial charge >= 0.3 is 5.63 Å². The van der Waals surface area contributed by atoms with E-state index >= 15 is 0 Å². The SMILES string of the molecule is Cc1cc2c(C)cc3c(c2oc1=O)C=CC(C)(C)O3. The zero-order valence-electron chi connectivity index (χ0n) is 11.5. The highest BCUT2D eigenvalue weighted by Gasteiger charge is 2.24. The highest BCUT2D eigenvalue weighted by Crippen LogP contribution is 2.37. The van der Waals surface area contributed by atoms with E-state index < -0.39 is 0 Å². The van der Waals surface area contributed by atoms with Crippen molar-refractivity contribution in [3.05, 3.63) is 45.3 Å². The topological polar surface area (TPSA) is 39.4 Å². The van der Waals surface area contributed by atoms with E-state index in [4.69, 9.17) is 9.15 Å². The maximum Gasteiger partial charge on any atom is 0.339 e. The monoisotopic (exact) mass is 256 g/mol. The Labute approximate surface area is 111 Å².